The van der Waals surface area contributed by atoms with Crippen LogP contribution in [0.15, 0.2) is 18.3 Å². The topological polar surface area (TPSA) is 65.5 Å². The minimum Gasteiger partial charge on any atom is -0.393 e. The van der Waals surface area contributed by atoms with E-state index in [0.717, 1.165) is 43.7 Å². The highest BCUT2D eigenvalue weighted by molar-refractivity contribution is 5.76. The summed E-state index contributed by atoms with van der Waals surface area (Å²) in [5.74, 6) is 0.897. The molecule has 0 aromatic carbocycles. The lowest BCUT2D eigenvalue weighted by Gasteiger charge is -2.29. The van der Waals surface area contributed by atoms with Crippen LogP contribution in [0.5, 0.6) is 0 Å². The van der Waals surface area contributed by atoms with Crippen molar-refractivity contribution in [3.8, 4) is 0 Å². The molecule has 24 heavy (non-hydrogen) atoms. The summed E-state index contributed by atoms with van der Waals surface area (Å²) in [4.78, 5) is 18.9. The third-order valence-electron chi connectivity index (χ3n) is 4.56. The average Bonchev–Trinajstić information content (AvgIpc) is 2.61. The monoisotopic (exact) mass is 333 g/mol. The number of anilines is 1. The Hall–Kier alpha value is -1.62. The smallest absolute Gasteiger partial charge is 0.222 e. The summed E-state index contributed by atoms with van der Waals surface area (Å²) in [5, 5.41) is 12.9. The molecule has 1 aromatic rings. The van der Waals surface area contributed by atoms with Crippen molar-refractivity contribution in [2.24, 2.45) is 0 Å². The van der Waals surface area contributed by atoms with Gasteiger partial charge in [0.15, 0.2) is 0 Å². The molecule has 1 fully saturated rings. The molecule has 2 N–H and O–H groups in total. The van der Waals surface area contributed by atoms with Gasteiger partial charge in [0, 0.05) is 31.4 Å². The first-order valence-electron chi connectivity index (χ1n) is 9.34. The summed E-state index contributed by atoms with van der Waals surface area (Å²) in [6.45, 7) is 4.68. The predicted octanol–water partition coefficient (Wildman–Crippen LogP) is 3.02. The van der Waals surface area contributed by atoms with Gasteiger partial charge in [-0.1, -0.05) is 32.3 Å². The van der Waals surface area contributed by atoms with Crippen LogP contribution < -0.4 is 10.2 Å². The number of amides is 1. The molecule has 1 atom stereocenters. The van der Waals surface area contributed by atoms with E-state index in [4.69, 9.17) is 0 Å². The maximum atomic E-state index is 12.0. The number of piperidine rings is 1. The number of nitrogens with zero attached hydrogens (tertiary/aromatic N) is 2. The lowest BCUT2D eigenvalue weighted by atomic mass is 10.1. The van der Waals surface area contributed by atoms with Gasteiger partial charge < -0.3 is 15.3 Å². The lowest BCUT2D eigenvalue weighted by Crippen LogP contribution is -2.32. The van der Waals surface area contributed by atoms with E-state index in [9.17, 15) is 9.90 Å². The molecular formula is C19H31N3O2. The Morgan fingerprint density at radius 3 is 2.88 bits per heavy atom. The van der Waals surface area contributed by atoms with Crippen molar-refractivity contribution in [2.45, 2.75) is 70.9 Å². The number of aliphatic hydroxyl groups is 1. The number of nitrogens with one attached hydrogen (secondary N) is 1. The molecule has 1 aliphatic rings. The van der Waals surface area contributed by atoms with Gasteiger partial charge in [0.05, 0.1) is 12.5 Å². The van der Waals surface area contributed by atoms with Crippen molar-refractivity contribution >= 4 is 11.7 Å². The van der Waals surface area contributed by atoms with Gasteiger partial charge in [-0.3, -0.25) is 4.79 Å². The molecule has 1 unspecified atom stereocenters. The minimum absolute atomic E-state index is 0.0903. The van der Waals surface area contributed by atoms with Crippen molar-refractivity contribution in [2.75, 3.05) is 18.0 Å². The van der Waals surface area contributed by atoms with E-state index in [-0.39, 0.29) is 12.3 Å². The maximum absolute atomic E-state index is 12.0. The zero-order valence-electron chi connectivity index (χ0n) is 14.8. The molecular weight excluding hydrogens is 302 g/mol. The first-order valence-corrected chi connectivity index (χ1v) is 9.34. The lowest BCUT2D eigenvalue weighted by molar-refractivity contribution is -0.123. The number of carbonyl (C=O) groups is 1. The molecule has 1 amide bonds. The van der Waals surface area contributed by atoms with Crippen LogP contribution in [0, 0.1) is 0 Å². The van der Waals surface area contributed by atoms with Crippen molar-refractivity contribution in [1.82, 2.24) is 10.3 Å². The van der Waals surface area contributed by atoms with Crippen LogP contribution in [0.2, 0.25) is 0 Å². The molecule has 134 valence electrons. The van der Waals surface area contributed by atoms with Gasteiger partial charge in [-0.05, 0) is 31.7 Å². The van der Waals surface area contributed by atoms with Gasteiger partial charge in [0.2, 0.25) is 5.91 Å². The second-order valence-electron chi connectivity index (χ2n) is 6.66. The summed E-state index contributed by atoms with van der Waals surface area (Å²) in [5.41, 5.74) is 1.05. The number of unbranched alkanes of at least 4 members (excludes halogenated alkanes) is 2. The second-order valence-corrected chi connectivity index (χ2v) is 6.66. The van der Waals surface area contributed by atoms with Gasteiger partial charge in [-0.25, -0.2) is 4.98 Å². The number of aliphatic hydroxyl groups excluding tert-OH is 1. The summed E-state index contributed by atoms with van der Waals surface area (Å²) in [6, 6.07) is 3.93. The highest BCUT2D eigenvalue weighted by atomic mass is 16.3. The van der Waals surface area contributed by atoms with E-state index in [1.165, 1.54) is 19.3 Å². The molecule has 0 saturated carbocycles. The molecule has 1 saturated heterocycles. The predicted molar refractivity (Wildman–Crippen MR) is 96.9 cm³/mol. The molecule has 0 radical (unpaired) electrons. The average molecular weight is 333 g/mol. The van der Waals surface area contributed by atoms with Crippen LogP contribution in [-0.4, -0.2) is 35.2 Å². The van der Waals surface area contributed by atoms with Gasteiger partial charge in [0.25, 0.3) is 0 Å². The molecule has 5 heteroatoms. The van der Waals surface area contributed by atoms with Gasteiger partial charge in [-0.2, -0.15) is 0 Å². The first kappa shape index (κ1) is 18.7. The summed E-state index contributed by atoms with van der Waals surface area (Å²) in [6.07, 6.45) is 9.05. The molecule has 0 bridgehead atoms. The molecule has 1 aromatic heterocycles. The Morgan fingerprint density at radius 2 is 2.12 bits per heavy atom. The van der Waals surface area contributed by atoms with Crippen LogP contribution in [0.25, 0.3) is 0 Å². The Morgan fingerprint density at radius 1 is 1.33 bits per heavy atom. The summed E-state index contributed by atoms with van der Waals surface area (Å²) < 4.78 is 0. The van der Waals surface area contributed by atoms with Gasteiger partial charge in [0.1, 0.15) is 5.82 Å². The number of aromatic nitrogens is 1. The number of carbonyl (C=O) groups excluding carboxylic acids is 1. The van der Waals surface area contributed by atoms with E-state index in [0.29, 0.717) is 13.0 Å². The Kier molecular flexibility index (Phi) is 8.02. The quantitative estimate of drug-likeness (QED) is 0.682. The molecule has 0 spiro atoms. The fraction of sp³-hybridized carbons (Fsp3) is 0.684. The molecule has 0 aliphatic carbocycles. The van der Waals surface area contributed by atoms with E-state index >= 15 is 0 Å². The van der Waals surface area contributed by atoms with Crippen molar-refractivity contribution in [3.05, 3.63) is 23.9 Å². The van der Waals surface area contributed by atoms with E-state index in [1.807, 2.05) is 18.3 Å². The highest BCUT2D eigenvalue weighted by Gasteiger charge is 2.16. The molecule has 1 aliphatic heterocycles. The van der Waals surface area contributed by atoms with Crippen molar-refractivity contribution in [1.29, 1.82) is 0 Å². The third kappa shape index (κ3) is 6.11. The fourth-order valence-corrected chi connectivity index (χ4v) is 3.17. The molecule has 2 heterocycles. The SMILES string of the molecule is CCCCCC(O)CC(=O)NCc1cccnc1N1CCCCC1. The van der Waals surface area contributed by atoms with Crippen molar-refractivity contribution < 1.29 is 9.90 Å². The van der Waals surface area contributed by atoms with Crippen LogP contribution in [-0.2, 0) is 11.3 Å². The Labute approximate surface area is 145 Å². The van der Waals surface area contributed by atoms with Crippen LogP contribution >= 0.6 is 0 Å². The summed E-state index contributed by atoms with van der Waals surface area (Å²) >= 11 is 0. The molecule has 5 nitrogen and oxygen atoms in total. The first-order chi connectivity index (χ1) is 11.7. The zero-order chi connectivity index (χ0) is 17.2. The normalized spacial score (nSPS) is 16.0. The number of pyridine rings is 1. The summed E-state index contributed by atoms with van der Waals surface area (Å²) in [7, 11) is 0. The Bertz CT molecular complexity index is 501. The van der Waals surface area contributed by atoms with E-state index in [1.54, 1.807) is 0 Å². The van der Waals surface area contributed by atoms with Crippen LogP contribution in [0.4, 0.5) is 5.82 Å². The number of hydrogen-bond acceptors (Lipinski definition) is 4. The van der Waals surface area contributed by atoms with Gasteiger partial charge in [-0.15, -0.1) is 0 Å². The third-order valence-corrected chi connectivity index (χ3v) is 4.56. The van der Waals surface area contributed by atoms with E-state index < -0.39 is 6.10 Å². The maximum Gasteiger partial charge on any atom is 0.222 e. The molecule has 2 rings (SSSR count). The van der Waals surface area contributed by atoms with Crippen LogP contribution in [0.1, 0.15) is 63.9 Å². The number of rotatable bonds is 9. The minimum atomic E-state index is -0.535. The van der Waals surface area contributed by atoms with E-state index in [2.05, 4.69) is 22.1 Å². The van der Waals surface area contributed by atoms with Gasteiger partial charge >= 0.3 is 0 Å². The fourth-order valence-electron chi connectivity index (χ4n) is 3.17. The number of hydrogen-bond donors (Lipinski definition) is 2. The standard InChI is InChI=1S/C19H31N3O2/c1-2-3-5-10-17(23)14-18(24)21-15-16-9-8-11-20-19(16)22-12-6-4-7-13-22/h8-9,11,17,23H,2-7,10,12-15H2,1H3,(H,21,24). The van der Waals surface area contributed by atoms with Crippen LogP contribution in [0.3, 0.4) is 0 Å². The second kappa shape index (κ2) is 10.3. The Balaban J connectivity index is 1.82. The largest absolute Gasteiger partial charge is 0.393 e. The van der Waals surface area contributed by atoms with Crippen molar-refractivity contribution in [3.63, 3.8) is 0 Å². The highest BCUT2D eigenvalue weighted by Crippen LogP contribution is 2.21. The zero-order valence-corrected chi connectivity index (χ0v) is 14.8.